The third-order valence-electron chi connectivity index (χ3n) is 7.28. The second-order valence-electron chi connectivity index (χ2n) is 11.6. The van der Waals surface area contributed by atoms with Crippen LogP contribution in [0.2, 0.25) is 0 Å². The number of anilines is 1. The first-order chi connectivity index (χ1) is 19.6. The summed E-state index contributed by atoms with van der Waals surface area (Å²) in [7, 11) is 0. The fourth-order valence-corrected chi connectivity index (χ4v) is 5.31. The van der Waals surface area contributed by atoms with E-state index in [0.29, 0.717) is 36.3 Å². The van der Waals surface area contributed by atoms with E-state index in [1.54, 1.807) is 23.1 Å². The van der Waals surface area contributed by atoms with Crippen molar-refractivity contribution >= 4 is 23.7 Å². The van der Waals surface area contributed by atoms with E-state index >= 15 is 0 Å². The minimum absolute atomic E-state index is 0.000135. The molecule has 2 aromatic carbocycles. The smallest absolute Gasteiger partial charge is 0.410 e. The lowest BCUT2D eigenvalue weighted by Crippen LogP contribution is -2.50. The molecule has 2 atom stereocenters. The van der Waals surface area contributed by atoms with Gasteiger partial charge in [-0.1, -0.05) is 36.4 Å². The second kappa shape index (κ2) is 11.6. The number of nitrogen functional groups attached to an aromatic ring is 1. The molecule has 41 heavy (non-hydrogen) atoms. The number of piperidine rings is 1. The van der Waals surface area contributed by atoms with Crippen LogP contribution < -0.4 is 16.4 Å². The van der Waals surface area contributed by atoms with Gasteiger partial charge in [-0.05, 0) is 69.7 Å². The maximum atomic E-state index is 13.2. The minimum Gasteiger partial charge on any atom is -0.444 e. The number of nitrogens with two attached hydrogens (primary N) is 1. The number of hydrogen-bond donors (Lipinski definition) is 3. The Morgan fingerprint density at radius 3 is 2.63 bits per heavy atom. The number of carbonyl (C=O) groups excluding carboxylic acids is 3. The fraction of sp³-hybridized carbons (Fsp3) is 0.387. The number of carbonyl (C=O) groups is 3. The average Bonchev–Trinajstić information content (AvgIpc) is 3.35. The molecule has 4 N–H and O–H groups in total. The maximum Gasteiger partial charge on any atom is 0.410 e. The number of ether oxygens (including phenoxy) is 1. The molecule has 1 saturated heterocycles. The van der Waals surface area contributed by atoms with Gasteiger partial charge in [0.1, 0.15) is 5.60 Å². The molecule has 0 unspecified atom stereocenters. The van der Waals surface area contributed by atoms with Crippen molar-refractivity contribution in [1.82, 2.24) is 25.5 Å². The molecule has 5 rings (SSSR count). The van der Waals surface area contributed by atoms with Crippen molar-refractivity contribution in [3.8, 4) is 11.3 Å². The second-order valence-corrected chi connectivity index (χ2v) is 11.6. The third kappa shape index (κ3) is 6.65. The Morgan fingerprint density at radius 1 is 1.02 bits per heavy atom. The van der Waals surface area contributed by atoms with E-state index in [1.165, 1.54) is 11.8 Å². The number of aromatic nitrogens is 2. The van der Waals surface area contributed by atoms with Gasteiger partial charge in [-0.3, -0.25) is 9.59 Å². The maximum absolute atomic E-state index is 13.2. The van der Waals surface area contributed by atoms with Gasteiger partial charge in [0.2, 0.25) is 0 Å². The topological polar surface area (TPSA) is 140 Å². The Kier molecular flexibility index (Phi) is 7.92. The van der Waals surface area contributed by atoms with Crippen molar-refractivity contribution in [2.75, 3.05) is 18.8 Å². The van der Waals surface area contributed by atoms with Crippen LogP contribution in [0.3, 0.4) is 0 Å². The number of benzene rings is 2. The lowest BCUT2D eigenvalue weighted by molar-refractivity contribution is 0.0185. The molecule has 214 valence electrons. The van der Waals surface area contributed by atoms with Crippen LogP contribution in [0.25, 0.3) is 11.3 Å². The minimum atomic E-state index is -0.600. The van der Waals surface area contributed by atoms with Crippen LogP contribution in [0.5, 0.6) is 0 Å². The number of nitrogens with one attached hydrogen (secondary N) is 2. The molecule has 2 aliphatic rings. The number of rotatable bonds is 5. The zero-order chi connectivity index (χ0) is 29.1. The Bertz CT molecular complexity index is 1470. The van der Waals surface area contributed by atoms with Gasteiger partial charge in [0, 0.05) is 30.3 Å². The lowest BCUT2D eigenvalue weighted by Gasteiger charge is -2.34. The highest BCUT2D eigenvalue weighted by molar-refractivity contribution is 5.98. The molecule has 0 saturated carbocycles. The molecular weight excluding hydrogens is 520 g/mol. The summed E-state index contributed by atoms with van der Waals surface area (Å²) in [5.41, 5.74) is 9.41. The summed E-state index contributed by atoms with van der Waals surface area (Å²) in [6.45, 7) is 6.35. The quantitative estimate of drug-likeness (QED) is 0.426. The highest BCUT2D eigenvalue weighted by Gasteiger charge is 2.29. The standard InChI is InChI=1S/C31H36N6O4/c1-31(2,3)41-30(40)37-15-7-11-22(18-37)34-29(39)26-27(32)33-17-25(35-26)20-9-6-10-21(16-20)28(38)36-24-14-13-19-8-4-5-12-23(19)24/h4-6,8-10,12,16-17,22,24H,7,11,13-15,18H2,1-3H3,(H2,32,33)(H,34,39)(H,36,38)/t22-,24-/m0/s1. The normalized spacial score (nSPS) is 18.4. The van der Waals surface area contributed by atoms with Crippen LogP contribution in [0.15, 0.2) is 54.7 Å². The molecular formula is C31H36N6O4. The van der Waals surface area contributed by atoms with Crippen molar-refractivity contribution in [2.24, 2.45) is 0 Å². The summed E-state index contributed by atoms with van der Waals surface area (Å²) in [6.07, 6.45) is 4.32. The van der Waals surface area contributed by atoms with Crippen molar-refractivity contribution in [2.45, 2.75) is 64.1 Å². The Hall–Kier alpha value is -4.47. The van der Waals surface area contributed by atoms with Crippen LogP contribution in [-0.4, -0.2) is 57.5 Å². The molecule has 10 nitrogen and oxygen atoms in total. The van der Waals surface area contributed by atoms with Crippen LogP contribution >= 0.6 is 0 Å². The molecule has 1 aliphatic carbocycles. The van der Waals surface area contributed by atoms with Gasteiger partial charge in [-0.15, -0.1) is 0 Å². The molecule has 10 heteroatoms. The van der Waals surface area contributed by atoms with Crippen molar-refractivity contribution in [1.29, 1.82) is 0 Å². The molecule has 0 spiro atoms. The molecule has 1 aliphatic heterocycles. The zero-order valence-electron chi connectivity index (χ0n) is 23.6. The van der Waals surface area contributed by atoms with E-state index in [2.05, 4.69) is 32.7 Å². The highest BCUT2D eigenvalue weighted by Crippen LogP contribution is 2.31. The fourth-order valence-electron chi connectivity index (χ4n) is 5.31. The first-order valence-electron chi connectivity index (χ1n) is 14.0. The average molecular weight is 557 g/mol. The Balaban J connectivity index is 1.27. The van der Waals surface area contributed by atoms with Crippen molar-refractivity contribution < 1.29 is 19.1 Å². The van der Waals surface area contributed by atoms with Gasteiger partial charge >= 0.3 is 6.09 Å². The number of aryl methyl sites for hydroxylation is 1. The summed E-state index contributed by atoms with van der Waals surface area (Å²) in [5, 5.41) is 6.09. The number of hydrogen-bond acceptors (Lipinski definition) is 7. The van der Waals surface area contributed by atoms with E-state index in [1.807, 2.05) is 39.0 Å². The van der Waals surface area contributed by atoms with E-state index in [0.717, 1.165) is 24.8 Å². The monoisotopic (exact) mass is 556 g/mol. The van der Waals surface area contributed by atoms with Crippen LogP contribution in [-0.2, 0) is 11.2 Å². The van der Waals surface area contributed by atoms with E-state index < -0.39 is 17.6 Å². The molecule has 0 bridgehead atoms. The molecule has 2 heterocycles. The van der Waals surface area contributed by atoms with Gasteiger partial charge in [-0.25, -0.2) is 14.8 Å². The van der Waals surface area contributed by atoms with Gasteiger partial charge < -0.3 is 26.0 Å². The predicted octanol–water partition coefficient (Wildman–Crippen LogP) is 4.27. The largest absolute Gasteiger partial charge is 0.444 e. The molecule has 3 amide bonds. The summed E-state index contributed by atoms with van der Waals surface area (Å²) in [5.74, 6) is -0.650. The zero-order valence-corrected chi connectivity index (χ0v) is 23.6. The van der Waals surface area contributed by atoms with Gasteiger partial charge in [-0.2, -0.15) is 0 Å². The Morgan fingerprint density at radius 2 is 1.83 bits per heavy atom. The third-order valence-corrected chi connectivity index (χ3v) is 7.28. The summed E-state index contributed by atoms with van der Waals surface area (Å²) in [4.78, 5) is 49.2. The van der Waals surface area contributed by atoms with Crippen LogP contribution in [0, 0.1) is 0 Å². The first kappa shape index (κ1) is 28.1. The van der Waals surface area contributed by atoms with Gasteiger partial charge in [0.05, 0.1) is 17.9 Å². The van der Waals surface area contributed by atoms with E-state index in [9.17, 15) is 14.4 Å². The summed E-state index contributed by atoms with van der Waals surface area (Å²) < 4.78 is 5.48. The summed E-state index contributed by atoms with van der Waals surface area (Å²) >= 11 is 0. The van der Waals surface area contributed by atoms with Gasteiger partial charge in [0.25, 0.3) is 11.8 Å². The first-order valence-corrected chi connectivity index (χ1v) is 14.0. The highest BCUT2D eigenvalue weighted by atomic mass is 16.6. The lowest BCUT2D eigenvalue weighted by atomic mass is 10.1. The van der Waals surface area contributed by atoms with Gasteiger partial charge in [0.15, 0.2) is 11.5 Å². The molecule has 1 aromatic heterocycles. The van der Waals surface area contributed by atoms with E-state index in [-0.39, 0.29) is 29.5 Å². The number of amides is 3. The van der Waals surface area contributed by atoms with E-state index in [4.69, 9.17) is 10.5 Å². The number of nitrogens with zero attached hydrogens (tertiary/aromatic N) is 3. The molecule has 0 radical (unpaired) electrons. The SMILES string of the molecule is CC(C)(C)OC(=O)N1CCC[C@H](NC(=O)c2nc(-c3cccc(C(=O)N[C@H]4CCc5ccccc54)c3)cnc2N)C1. The number of fused-ring (bicyclic) bond motifs is 1. The Labute approximate surface area is 239 Å². The van der Waals surface area contributed by atoms with Crippen molar-refractivity contribution in [3.05, 3.63) is 77.1 Å². The number of likely N-dealkylation sites (tertiary alicyclic amines) is 1. The predicted molar refractivity (Wildman–Crippen MR) is 155 cm³/mol. The molecule has 3 aromatic rings. The van der Waals surface area contributed by atoms with Crippen LogP contribution in [0.4, 0.5) is 10.6 Å². The molecule has 1 fully saturated rings. The summed E-state index contributed by atoms with van der Waals surface area (Å²) in [6, 6.07) is 14.9. The van der Waals surface area contributed by atoms with Crippen molar-refractivity contribution in [3.63, 3.8) is 0 Å². The van der Waals surface area contributed by atoms with Crippen LogP contribution in [0.1, 0.15) is 78.0 Å².